The Bertz CT molecular complexity index is 1360. The van der Waals surface area contributed by atoms with Gasteiger partial charge in [-0.05, 0) is 39.7 Å². The van der Waals surface area contributed by atoms with Crippen molar-refractivity contribution in [3.8, 4) is 5.75 Å². The molecule has 0 saturated carbocycles. The molecule has 2 atom stereocenters. The summed E-state index contributed by atoms with van der Waals surface area (Å²) in [5, 5.41) is 19.8. The minimum Gasteiger partial charge on any atom is -0.494 e. The summed E-state index contributed by atoms with van der Waals surface area (Å²) in [5.74, 6) is 0.516. The van der Waals surface area contributed by atoms with E-state index in [1.54, 1.807) is 11.6 Å². The quantitative estimate of drug-likeness (QED) is 0.459. The number of hydrogen-bond acceptors (Lipinski definition) is 8. The number of piperidine rings is 1. The summed E-state index contributed by atoms with van der Waals surface area (Å²) in [6, 6.07) is 2.88. The molecular weight excluding hydrogens is 439 g/mol. The molecule has 11 heteroatoms. The van der Waals surface area contributed by atoms with Crippen LogP contribution in [0.25, 0.3) is 16.6 Å². The zero-order chi connectivity index (χ0) is 24.2. The van der Waals surface area contributed by atoms with Gasteiger partial charge in [0.2, 0.25) is 5.95 Å². The van der Waals surface area contributed by atoms with Gasteiger partial charge in [0.1, 0.15) is 0 Å². The van der Waals surface area contributed by atoms with Crippen LogP contribution in [0.3, 0.4) is 0 Å². The van der Waals surface area contributed by atoms with Crippen LogP contribution in [-0.4, -0.2) is 60.8 Å². The number of fused-ring (bicyclic) bond motifs is 3. The van der Waals surface area contributed by atoms with Gasteiger partial charge in [-0.25, -0.2) is 14.4 Å². The van der Waals surface area contributed by atoms with Crippen molar-refractivity contribution in [3.63, 3.8) is 0 Å². The Morgan fingerprint density at radius 1 is 1.29 bits per heavy atom. The Hall–Kier alpha value is -3.47. The number of nitrogens with zero attached hydrogens (tertiary/aromatic N) is 7. The summed E-state index contributed by atoms with van der Waals surface area (Å²) < 4.78 is 22.8. The fourth-order valence-electron chi connectivity index (χ4n) is 4.38. The summed E-state index contributed by atoms with van der Waals surface area (Å²) >= 11 is 0. The average Bonchev–Trinajstić information content (AvgIpc) is 3.48. The van der Waals surface area contributed by atoms with Crippen molar-refractivity contribution in [2.24, 2.45) is 0 Å². The number of nitrogens with two attached hydrogens (primary N) is 1. The first-order valence-corrected chi connectivity index (χ1v) is 11.4. The van der Waals surface area contributed by atoms with Gasteiger partial charge >= 0.3 is 0 Å². The van der Waals surface area contributed by atoms with Crippen molar-refractivity contribution in [1.82, 2.24) is 29.4 Å². The number of aliphatic hydroxyl groups is 1. The minimum atomic E-state index is -0.546. The molecule has 1 aliphatic heterocycles. The molecule has 5 rings (SSSR count). The SMILES string of the molecule is COc1cc2nc(N)n3nc([C@@H]4CCCN(c5cnn(C(C)(C)C(C)O)c5)C4)nc3c2cc1F. The van der Waals surface area contributed by atoms with Crippen LogP contribution in [-0.2, 0) is 5.54 Å². The van der Waals surface area contributed by atoms with Crippen molar-refractivity contribution in [1.29, 1.82) is 0 Å². The second kappa shape index (κ2) is 8.08. The second-order valence-electron chi connectivity index (χ2n) is 9.44. The van der Waals surface area contributed by atoms with Crippen LogP contribution in [0.2, 0.25) is 0 Å². The number of hydrogen-bond donors (Lipinski definition) is 2. The lowest BCUT2D eigenvalue weighted by Crippen LogP contribution is -2.38. The third-order valence-electron chi connectivity index (χ3n) is 6.92. The van der Waals surface area contributed by atoms with Gasteiger partial charge < -0.3 is 20.5 Å². The van der Waals surface area contributed by atoms with Crippen molar-refractivity contribution in [3.05, 3.63) is 36.2 Å². The fraction of sp³-hybridized carbons (Fsp3) is 0.478. The van der Waals surface area contributed by atoms with E-state index in [1.807, 2.05) is 26.2 Å². The molecule has 4 heterocycles. The third kappa shape index (κ3) is 3.60. The van der Waals surface area contributed by atoms with E-state index >= 15 is 0 Å². The maximum Gasteiger partial charge on any atom is 0.223 e. The molecule has 3 N–H and O–H groups in total. The first-order chi connectivity index (χ1) is 16.2. The molecule has 3 aromatic heterocycles. The normalized spacial score (nSPS) is 18.1. The highest BCUT2D eigenvalue weighted by molar-refractivity contribution is 5.93. The topological polar surface area (TPSA) is 120 Å². The fourth-order valence-corrected chi connectivity index (χ4v) is 4.38. The molecule has 4 aromatic rings. The van der Waals surface area contributed by atoms with Crippen LogP contribution < -0.4 is 15.4 Å². The smallest absolute Gasteiger partial charge is 0.223 e. The van der Waals surface area contributed by atoms with Crippen LogP contribution in [0.1, 0.15) is 45.4 Å². The van der Waals surface area contributed by atoms with Crippen molar-refractivity contribution in [2.75, 3.05) is 30.8 Å². The molecule has 180 valence electrons. The lowest BCUT2D eigenvalue weighted by atomic mass is 9.97. The van der Waals surface area contributed by atoms with E-state index in [1.165, 1.54) is 23.8 Å². The van der Waals surface area contributed by atoms with E-state index in [9.17, 15) is 9.50 Å². The highest BCUT2D eigenvalue weighted by Gasteiger charge is 2.30. The van der Waals surface area contributed by atoms with E-state index in [0.29, 0.717) is 28.9 Å². The van der Waals surface area contributed by atoms with Gasteiger partial charge in [0.05, 0.1) is 36.2 Å². The molecule has 1 saturated heterocycles. The Labute approximate surface area is 196 Å². The monoisotopic (exact) mass is 468 g/mol. The molecular formula is C23H29FN8O2. The number of methoxy groups -OCH3 is 1. The van der Waals surface area contributed by atoms with Crippen molar-refractivity contribution >= 4 is 28.2 Å². The number of ether oxygens (including phenoxy) is 1. The number of benzene rings is 1. The Balaban J connectivity index is 1.47. The molecule has 0 spiro atoms. The molecule has 10 nitrogen and oxygen atoms in total. The summed E-state index contributed by atoms with van der Waals surface area (Å²) in [5.41, 5.74) is 7.60. The minimum absolute atomic E-state index is 0.0688. The maximum atomic E-state index is 14.4. The van der Waals surface area contributed by atoms with Gasteiger partial charge in [0.25, 0.3) is 0 Å². The molecule has 1 aliphatic rings. The van der Waals surface area contributed by atoms with Gasteiger partial charge in [-0.1, -0.05) is 0 Å². The van der Waals surface area contributed by atoms with Gasteiger partial charge in [-0.15, -0.1) is 5.10 Å². The molecule has 1 aromatic carbocycles. The lowest BCUT2D eigenvalue weighted by molar-refractivity contribution is 0.0647. The van der Waals surface area contributed by atoms with Gasteiger partial charge in [0.15, 0.2) is 23.0 Å². The van der Waals surface area contributed by atoms with Crippen LogP contribution in [0.4, 0.5) is 16.0 Å². The number of aliphatic hydroxyl groups excluding tert-OH is 1. The largest absolute Gasteiger partial charge is 0.494 e. The number of nitrogen functional groups attached to an aromatic ring is 1. The third-order valence-corrected chi connectivity index (χ3v) is 6.92. The van der Waals surface area contributed by atoms with Crippen LogP contribution in [0.5, 0.6) is 5.75 Å². The highest BCUT2D eigenvalue weighted by atomic mass is 19.1. The Morgan fingerprint density at radius 3 is 2.82 bits per heavy atom. The van der Waals surface area contributed by atoms with Crippen LogP contribution in [0.15, 0.2) is 24.5 Å². The van der Waals surface area contributed by atoms with E-state index in [-0.39, 0.29) is 17.6 Å². The second-order valence-corrected chi connectivity index (χ2v) is 9.44. The summed E-state index contributed by atoms with van der Waals surface area (Å²) in [4.78, 5) is 11.4. The molecule has 0 amide bonds. The average molecular weight is 469 g/mol. The van der Waals surface area contributed by atoms with E-state index in [4.69, 9.17) is 15.5 Å². The molecule has 0 radical (unpaired) electrons. The molecule has 1 unspecified atom stereocenters. The van der Waals surface area contributed by atoms with Crippen molar-refractivity contribution in [2.45, 2.75) is 51.2 Å². The van der Waals surface area contributed by atoms with Gasteiger partial charge in [0, 0.05) is 36.7 Å². The van der Waals surface area contributed by atoms with Crippen LogP contribution in [0, 0.1) is 5.82 Å². The van der Waals surface area contributed by atoms with E-state index in [2.05, 4.69) is 20.1 Å². The molecule has 0 aliphatic carbocycles. The lowest BCUT2D eigenvalue weighted by Gasteiger charge is -2.32. The van der Waals surface area contributed by atoms with Gasteiger partial charge in [-0.3, -0.25) is 4.68 Å². The number of halogens is 1. The Morgan fingerprint density at radius 2 is 2.09 bits per heavy atom. The predicted molar refractivity (Wildman–Crippen MR) is 127 cm³/mol. The highest BCUT2D eigenvalue weighted by Crippen LogP contribution is 2.32. The van der Waals surface area contributed by atoms with Crippen LogP contribution >= 0.6 is 0 Å². The van der Waals surface area contributed by atoms with E-state index in [0.717, 1.165) is 25.1 Å². The number of aromatic nitrogens is 6. The van der Waals surface area contributed by atoms with Gasteiger partial charge in [-0.2, -0.15) is 9.61 Å². The first-order valence-electron chi connectivity index (χ1n) is 11.4. The molecule has 34 heavy (non-hydrogen) atoms. The zero-order valence-corrected chi connectivity index (χ0v) is 19.7. The molecule has 0 bridgehead atoms. The summed E-state index contributed by atoms with van der Waals surface area (Å²) in [6.45, 7) is 7.28. The zero-order valence-electron chi connectivity index (χ0n) is 19.7. The number of anilines is 2. The summed E-state index contributed by atoms with van der Waals surface area (Å²) in [7, 11) is 1.41. The molecule has 1 fully saturated rings. The van der Waals surface area contributed by atoms with Crippen molar-refractivity contribution < 1.29 is 14.2 Å². The Kier molecular flexibility index (Phi) is 5.31. The predicted octanol–water partition coefficient (Wildman–Crippen LogP) is 2.70. The van der Waals surface area contributed by atoms with E-state index < -0.39 is 17.5 Å². The first kappa shape index (κ1) is 22.3. The maximum absolute atomic E-state index is 14.4. The standard InChI is InChI=1S/C23H29FN8O2/c1-13(33)23(2,3)31-12-15(10-26-31)30-7-5-6-14(11-30)20-28-21-16-8-17(24)19(34-4)9-18(16)27-22(25)32(21)29-20/h8-10,12-14,33H,5-7,11H2,1-4H3,(H2,25,27)/t13?,14-/m1/s1. The number of rotatable bonds is 5. The summed E-state index contributed by atoms with van der Waals surface area (Å²) in [6.07, 6.45) is 5.14.